The first-order valence-electron chi connectivity index (χ1n) is 6.81. The zero-order valence-corrected chi connectivity index (χ0v) is 11.8. The maximum absolute atomic E-state index is 6.03. The first-order chi connectivity index (χ1) is 8.61. The van der Waals surface area contributed by atoms with Crippen molar-refractivity contribution >= 4 is 0 Å². The fraction of sp³-hybridized carbons (Fsp3) is 0.600. The minimum absolute atomic E-state index is 0.374. The van der Waals surface area contributed by atoms with Crippen molar-refractivity contribution in [1.29, 1.82) is 0 Å². The minimum atomic E-state index is 0.374. The lowest BCUT2D eigenvalue weighted by Gasteiger charge is -2.38. The van der Waals surface area contributed by atoms with E-state index in [0.29, 0.717) is 12.6 Å². The molecule has 1 heterocycles. The van der Waals surface area contributed by atoms with Gasteiger partial charge in [0, 0.05) is 38.8 Å². The quantitative estimate of drug-likeness (QED) is 0.879. The Bertz CT molecular complexity index is 395. The van der Waals surface area contributed by atoms with Crippen LogP contribution >= 0.6 is 0 Å². The average Bonchev–Trinajstić information content (AvgIpc) is 2.37. The lowest BCUT2D eigenvalue weighted by Crippen LogP contribution is -2.47. The van der Waals surface area contributed by atoms with Crippen LogP contribution in [-0.4, -0.2) is 49.6 Å². The maximum Gasteiger partial charge on any atom is 0.0474 e. The molecular formula is C15H25N3. The molecule has 1 aromatic rings. The van der Waals surface area contributed by atoms with Gasteiger partial charge in [-0.1, -0.05) is 23.8 Å². The normalized spacial score (nSPS) is 20.0. The molecule has 0 amide bonds. The number of benzene rings is 1. The standard InChI is InChI=1S/C15H25N3/c1-12-4-5-13(2)14(10-12)15(11-16)18-8-6-17(3)7-9-18/h4-5,10,15H,6-9,11,16H2,1-3H3. The van der Waals surface area contributed by atoms with E-state index in [4.69, 9.17) is 5.73 Å². The van der Waals surface area contributed by atoms with Crippen LogP contribution in [0.25, 0.3) is 0 Å². The molecule has 2 N–H and O–H groups in total. The van der Waals surface area contributed by atoms with Gasteiger partial charge in [0.1, 0.15) is 0 Å². The highest BCUT2D eigenvalue weighted by Gasteiger charge is 2.23. The van der Waals surface area contributed by atoms with E-state index in [1.807, 2.05) is 0 Å². The highest BCUT2D eigenvalue weighted by atomic mass is 15.3. The Hall–Kier alpha value is -0.900. The van der Waals surface area contributed by atoms with Crippen molar-refractivity contribution in [2.75, 3.05) is 39.8 Å². The Morgan fingerprint density at radius 1 is 1.17 bits per heavy atom. The molecular weight excluding hydrogens is 222 g/mol. The van der Waals surface area contributed by atoms with Crippen molar-refractivity contribution in [2.45, 2.75) is 19.9 Å². The van der Waals surface area contributed by atoms with Crippen molar-refractivity contribution in [3.05, 3.63) is 34.9 Å². The Kier molecular flexibility index (Phi) is 4.38. The predicted octanol–water partition coefficient (Wildman–Crippen LogP) is 1.55. The number of nitrogens with two attached hydrogens (primary N) is 1. The zero-order valence-electron chi connectivity index (χ0n) is 11.8. The molecule has 1 saturated heterocycles. The lowest BCUT2D eigenvalue weighted by molar-refractivity contribution is 0.114. The largest absolute Gasteiger partial charge is 0.329 e. The second kappa shape index (κ2) is 5.83. The number of hydrogen-bond donors (Lipinski definition) is 1. The van der Waals surface area contributed by atoms with Crippen LogP contribution in [0.1, 0.15) is 22.7 Å². The average molecular weight is 247 g/mol. The van der Waals surface area contributed by atoms with Crippen molar-refractivity contribution in [3.63, 3.8) is 0 Å². The molecule has 100 valence electrons. The van der Waals surface area contributed by atoms with Crippen LogP contribution in [0.5, 0.6) is 0 Å². The van der Waals surface area contributed by atoms with E-state index in [-0.39, 0.29) is 0 Å². The van der Waals surface area contributed by atoms with Crippen molar-refractivity contribution in [3.8, 4) is 0 Å². The van der Waals surface area contributed by atoms with Gasteiger partial charge in [0.05, 0.1) is 0 Å². The summed E-state index contributed by atoms with van der Waals surface area (Å²) in [6.45, 7) is 9.56. The van der Waals surface area contributed by atoms with Gasteiger partial charge in [0.2, 0.25) is 0 Å². The fourth-order valence-electron chi connectivity index (χ4n) is 2.73. The second-order valence-corrected chi connectivity index (χ2v) is 5.45. The van der Waals surface area contributed by atoms with Crippen molar-refractivity contribution < 1.29 is 0 Å². The first-order valence-corrected chi connectivity index (χ1v) is 6.81. The highest BCUT2D eigenvalue weighted by molar-refractivity contribution is 5.33. The van der Waals surface area contributed by atoms with Crippen molar-refractivity contribution in [2.24, 2.45) is 5.73 Å². The molecule has 0 aliphatic carbocycles. The van der Waals surface area contributed by atoms with E-state index in [0.717, 1.165) is 26.2 Å². The van der Waals surface area contributed by atoms with E-state index in [9.17, 15) is 0 Å². The second-order valence-electron chi connectivity index (χ2n) is 5.45. The molecule has 18 heavy (non-hydrogen) atoms. The summed E-state index contributed by atoms with van der Waals surface area (Å²) >= 11 is 0. The summed E-state index contributed by atoms with van der Waals surface area (Å²) in [6, 6.07) is 7.06. The maximum atomic E-state index is 6.03. The number of aryl methyl sites for hydroxylation is 2. The SMILES string of the molecule is Cc1ccc(C)c(C(CN)N2CCN(C)CC2)c1. The third kappa shape index (κ3) is 2.91. The van der Waals surface area contributed by atoms with Gasteiger partial charge < -0.3 is 10.6 Å². The van der Waals surface area contributed by atoms with Gasteiger partial charge >= 0.3 is 0 Å². The summed E-state index contributed by atoms with van der Waals surface area (Å²) in [5.41, 5.74) is 10.1. The fourth-order valence-corrected chi connectivity index (χ4v) is 2.73. The smallest absolute Gasteiger partial charge is 0.0474 e. The molecule has 0 aromatic heterocycles. The van der Waals surface area contributed by atoms with Crippen LogP contribution in [0, 0.1) is 13.8 Å². The molecule has 1 aliphatic heterocycles. The van der Waals surface area contributed by atoms with Crippen LogP contribution < -0.4 is 5.73 Å². The predicted molar refractivity (Wildman–Crippen MR) is 76.8 cm³/mol. The third-order valence-electron chi connectivity index (χ3n) is 4.00. The first kappa shape index (κ1) is 13.5. The molecule has 1 atom stereocenters. The van der Waals surface area contributed by atoms with E-state index in [1.54, 1.807) is 0 Å². The van der Waals surface area contributed by atoms with E-state index in [1.165, 1.54) is 16.7 Å². The molecule has 1 unspecified atom stereocenters. The molecule has 0 radical (unpaired) electrons. The van der Waals surface area contributed by atoms with Gasteiger partial charge in [-0.3, -0.25) is 4.90 Å². The zero-order chi connectivity index (χ0) is 13.1. The molecule has 1 aromatic carbocycles. The van der Waals surface area contributed by atoms with Gasteiger partial charge in [-0.25, -0.2) is 0 Å². The number of likely N-dealkylation sites (N-methyl/N-ethyl adjacent to an activating group) is 1. The monoisotopic (exact) mass is 247 g/mol. The Labute approximate surface area is 111 Å². The van der Waals surface area contributed by atoms with Crippen LogP contribution in [0.2, 0.25) is 0 Å². The molecule has 0 spiro atoms. The molecule has 2 rings (SSSR count). The molecule has 1 fully saturated rings. The summed E-state index contributed by atoms with van der Waals surface area (Å²) in [5.74, 6) is 0. The Morgan fingerprint density at radius 3 is 2.44 bits per heavy atom. The van der Waals surface area contributed by atoms with E-state index < -0.39 is 0 Å². The lowest BCUT2D eigenvalue weighted by atomic mass is 9.97. The Morgan fingerprint density at radius 2 is 1.83 bits per heavy atom. The van der Waals surface area contributed by atoms with Crippen LogP contribution in [-0.2, 0) is 0 Å². The van der Waals surface area contributed by atoms with Crippen LogP contribution in [0.4, 0.5) is 0 Å². The van der Waals surface area contributed by atoms with Gasteiger partial charge in [0.25, 0.3) is 0 Å². The van der Waals surface area contributed by atoms with Crippen LogP contribution in [0.15, 0.2) is 18.2 Å². The van der Waals surface area contributed by atoms with Gasteiger partial charge in [0.15, 0.2) is 0 Å². The van der Waals surface area contributed by atoms with E-state index in [2.05, 4.69) is 48.9 Å². The topological polar surface area (TPSA) is 32.5 Å². The molecule has 3 nitrogen and oxygen atoms in total. The molecule has 1 aliphatic rings. The van der Waals surface area contributed by atoms with Gasteiger partial charge in [-0.2, -0.15) is 0 Å². The van der Waals surface area contributed by atoms with Gasteiger partial charge in [-0.15, -0.1) is 0 Å². The summed E-state index contributed by atoms with van der Waals surface area (Å²) in [5, 5.41) is 0. The third-order valence-corrected chi connectivity index (χ3v) is 4.00. The molecule has 3 heteroatoms. The van der Waals surface area contributed by atoms with Crippen LogP contribution in [0.3, 0.4) is 0 Å². The summed E-state index contributed by atoms with van der Waals surface area (Å²) in [4.78, 5) is 4.91. The molecule has 0 bridgehead atoms. The summed E-state index contributed by atoms with van der Waals surface area (Å²) in [7, 11) is 2.19. The number of nitrogens with zero attached hydrogens (tertiary/aromatic N) is 2. The highest BCUT2D eigenvalue weighted by Crippen LogP contribution is 2.25. The number of hydrogen-bond acceptors (Lipinski definition) is 3. The summed E-state index contributed by atoms with van der Waals surface area (Å²) in [6.07, 6.45) is 0. The number of piperazine rings is 1. The molecule has 0 saturated carbocycles. The van der Waals surface area contributed by atoms with Gasteiger partial charge in [-0.05, 0) is 32.0 Å². The van der Waals surface area contributed by atoms with Crippen molar-refractivity contribution in [1.82, 2.24) is 9.80 Å². The minimum Gasteiger partial charge on any atom is -0.329 e. The summed E-state index contributed by atoms with van der Waals surface area (Å²) < 4.78 is 0. The Balaban J connectivity index is 2.19. The van der Waals surface area contributed by atoms with E-state index >= 15 is 0 Å². The number of rotatable bonds is 3.